The lowest BCUT2D eigenvalue weighted by Gasteiger charge is -2.14. The predicted octanol–water partition coefficient (Wildman–Crippen LogP) is 4.10. The molecule has 4 N–H and O–H groups in total. The summed E-state index contributed by atoms with van der Waals surface area (Å²) in [7, 11) is 0. The van der Waals surface area contributed by atoms with E-state index >= 15 is 0 Å². The number of pyridine rings is 1. The van der Waals surface area contributed by atoms with Crippen LogP contribution in [0.15, 0.2) is 53.4 Å². The van der Waals surface area contributed by atoms with Crippen molar-refractivity contribution in [3.05, 3.63) is 53.4 Å². The molecule has 0 saturated carbocycles. The largest absolute Gasteiger partial charge is 0.492 e. The highest BCUT2D eigenvalue weighted by atomic mass is 79.9. The van der Waals surface area contributed by atoms with Gasteiger partial charge in [-0.15, -0.1) is 0 Å². The second-order valence-corrected chi connectivity index (χ2v) is 5.94. The third-order valence-corrected chi connectivity index (χ3v) is 3.77. The fraction of sp³-hybridized carbons (Fsp3) is 0.118. The number of anilines is 5. The highest BCUT2D eigenvalue weighted by Crippen LogP contribution is 2.31. The number of aromatic nitrogens is 3. The zero-order valence-electron chi connectivity index (χ0n) is 13.5. The topological polar surface area (TPSA) is 98.0 Å². The van der Waals surface area contributed by atoms with Crippen LogP contribution in [0, 0.1) is 0 Å². The van der Waals surface area contributed by atoms with Crippen LogP contribution in [0.3, 0.4) is 0 Å². The van der Waals surface area contributed by atoms with Gasteiger partial charge in [-0.1, -0.05) is 12.1 Å². The van der Waals surface area contributed by atoms with E-state index in [1.165, 1.54) is 6.33 Å². The second-order valence-electron chi connectivity index (χ2n) is 5.03. The number of benzene rings is 1. The molecule has 3 aromatic rings. The van der Waals surface area contributed by atoms with Crippen LogP contribution in [0.4, 0.5) is 28.8 Å². The molecular formula is C17H17BrN6O. The maximum atomic E-state index is 6.21. The van der Waals surface area contributed by atoms with Gasteiger partial charge in [0, 0.05) is 10.7 Å². The smallest absolute Gasteiger partial charge is 0.160 e. The summed E-state index contributed by atoms with van der Waals surface area (Å²) >= 11 is 3.35. The minimum absolute atomic E-state index is 0.388. The molecule has 0 aliphatic carbocycles. The van der Waals surface area contributed by atoms with Crippen LogP contribution in [0.25, 0.3) is 0 Å². The van der Waals surface area contributed by atoms with Gasteiger partial charge in [-0.3, -0.25) is 0 Å². The Morgan fingerprint density at radius 1 is 1.04 bits per heavy atom. The van der Waals surface area contributed by atoms with Crippen LogP contribution in [-0.4, -0.2) is 21.6 Å². The van der Waals surface area contributed by atoms with Crippen LogP contribution in [-0.2, 0) is 0 Å². The number of hydrogen-bond donors (Lipinski definition) is 3. The summed E-state index contributed by atoms with van der Waals surface area (Å²) in [6.07, 6.45) is 3.13. The first-order chi connectivity index (χ1) is 12.2. The lowest BCUT2D eigenvalue weighted by atomic mass is 10.3. The Kier molecular flexibility index (Phi) is 5.30. The summed E-state index contributed by atoms with van der Waals surface area (Å²) in [5, 5.41) is 6.28. The zero-order chi connectivity index (χ0) is 17.6. The highest BCUT2D eigenvalue weighted by Gasteiger charge is 2.11. The molecule has 0 amide bonds. The van der Waals surface area contributed by atoms with Gasteiger partial charge in [0.15, 0.2) is 11.6 Å². The van der Waals surface area contributed by atoms with E-state index in [2.05, 4.69) is 41.5 Å². The highest BCUT2D eigenvalue weighted by molar-refractivity contribution is 9.10. The SMILES string of the molecule is CCOc1ccccc1Nc1ncnc(Nc2ccc(Br)cn2)c1N. The fourth-order valence-corrected chi connectivity index (χ4v) is 2.38. The van der Waals surface area contributed by atoms with E-state index in [9.17, 15) is 0 Å². The molecule has 8 heteroatoms. The molecule has 0 saturated heterocycles. The summed E-state index contributed by atoms with van der Waals surface area (Å²) in [4.78, 5) is 12.7. The van der Waals surface area contributed by atoms with Gasteiger partial charge >= 0.3 is 0 Å². The summed E-state index contributed by atoms with van der Waals surface area (Å²) in [5.41, 5.74) is 7.37. The quantitative estimate of drug-likeness (QED) is 0.572. The molecule has 0 spiro atoms. The Morgan fingerprint density at radius 3 is 2.52 bits per heavy atom. The Morgan fingerprint density at radius 2 is 1.80 bits per heavy atom. The molecule has 0 fully saturated rings. The van der Waals surface area contributed by atoms with Gasteiger partial charge < -0.3 is 21.1 Å². The third-order valence-electron chi connectivity index (χ3n) is 3.30. The van der Waals surface area contributed by atoms with Gasteiger partial charge in [0.05, 0.1) is 12.3 Å². The molecular weight excluding hydrogens is 384 g/mol. The van der Waals surface area contributed by atoms with E-state index < -0.39 is 0 Å². The maximum absolute atomic E-state index is 6.21. The van der Waals surface area contributed by atoms with Gasteiger partial charge in [0.2, 0.25) is 0 Å². The first-order valence-electron chi connectivity index (χ1n) is 7.65. The molecule has 0 unspecified atom stereocenters. The Balaban J connectivity index is 1.85. The predicted molar refractivity (Wildman–Crippen MR) is 103 cm³/mol. The normalized spacial score (nSPS) is 10.3. The number of nitrogens with two attached hydrogens (primary N) is 1. The number of nitrogens with one attached hydrogen (secondary N) is 2. The van der Waals surface area contributed by atoms with Gasteiger partial charge in [0.25, 0.3) is 0 Å². The van der Waals surface area contributed by atoms with E-state index in [1.54, 1.807) is 6.20 Å². The molecule has 0 atom stereocenters. The van der Waals surface area contributed by atoms with Crippen molar-refractivity contribution in [2.45, 2.75) is 6.92 Å². The van der Waals surface area contributed by atoms with Crippen LogP contribution in [0.1, 0.15) is 6.92 Å². The van der Waals surface area contributed by atoms with Crippen molar-refractivity contribution >= 4 is 44.8 Å². The zero-order valence-corrected chi connectivity index (χ0v) is 15.1. The van der Waals surface area contributed by atoms with E-state index in [4.69, 9.17) is 10.5 Å². The summed E-state index contributed by atoms with van der Waals surface area (Å²) in [6, 6.07) is 11.3. The molecule has 0 radical (unpaired) electrons. The van der Waals surface area contributed by atoms with Crippen molar-refractivity contribution in [3.63, 3.8) is 0 Å². The Labute approximate surface area is 153 Å². The number of rotatable bonds is 6. The number of hydrogen-bond acceptors (Lipinski definition) is 7. The lowest BCUT2D eigenvalue weighted by molar-refractivity contribution is 0.342. The minimum atomic E-state index is 0.388. The van der Waals surface area contributed by atoms with Crippen molar-refractivity contribution in [2.24, 2.45) is 0 Å². The molecule has 0 bridgehead atoms. The summed E-state index contributed by atoms with van der Waals surface area (Å²) in [6.45, 7) is 2.50. The average molecular weight is 401 g/mol. The van der Waals surface area contributed by atoms with Crippen molar-refractivity contribution in [3.8, 4) is 5.75 Å². The fourth-order valence-electron chi connectivity index (χ4n) is 2.14. The Bertz CT molecular complexity index is 856. The number of nitrogens with zero attached hydrogens (tertiary/aromatic N) is 3. The lowest BCUT2D eigenvalue weighted by Crippen LogP contribution is -2.06. The minimum Gasteiger partial charge on any atom is -0.492 e. The van der Waals surface area contributed by atoms with Crippen LogP contribution < -0.4 is 21.1 Å². The van der Waals surface area contributed by atoms with Crippen LogP contribution in [0.2, 0.25) is 0 Å². The van der Waals surface area contributed by atoms with E-state index in [1.807, 2.05) is 43.3 Å². The molecule has 1 aromatic carbocycles. The van der Waals surface area contributed by atoms with E-state index in [0.29, 0.717) is 29.7 Å². The van der Waals surface area contributed by atoms with Gasteiger partial charge in [-0.05, 0) is 47.1 Å². The van der Waals surface area contributed by atoms with Crippen LogP contribution >= 0.6 is 15.9 Å². The van der Waals surface area contributed by atoms with Crippen molar-refractivity contribution in [2.75, 3.05) is 23.0 Å². The second kappa shape index (κ2) is 7.80. The average Bonchev–Trinajstić information content (AvgIpc) is 2.62. The standard InChI is InChI=1S/C17H17BrN6O/c1-2-25-13-6-4-3-5-12(13)23-16-15(19)17(22-10-21-16)24-14-8-7-11(18)9-20-14/h3-10H,2,19H2,1H3,(H2,20,21,22,23,24). The van der Waals surface area contributed by atoms with E-state index in [0.717, 1.165) is 15.9 Å². The van der Waals surface area contributed by atoms with Crippen molar-refractivity contribution < 1.29 is 4.74 Å². The summed E-state index contributed by atoms with van der Waals surface area (Å²) < 4.78 is 6.50. The first kappa shape index (κ1) is 17.0. The molecule has 7 nitrogen and oxygen atoms in total. The molecule has 25 heavy (non-hydrogen) atoms. The maximum Gasteiger partial charge on any atom is 0.160 e. The molecule has 2 aromatic heterocycles. The number of nitrogen functional groups attached to an aromatic ring is 1. The first-order valence-corrected chi connectivity index (χ1v) is 8.44. The van der Waals surface area contributed by atoms with Gasteiger partial charge in [-0.25, -0.2) is 15.0 Å². The van der Waals surface area contributed by atoms with E-state index in [-0.39, 0.29) is 0 Å². The molecule has 3 rings (SSSR count). The molecule has 2 heterocycles. The van der Waals surface area contributed by atoms with Crippen LogP contribution in [0.5, 0.6) is 5.75 Å². The number of para-hydroxylation sites is 2. The van der Waals surface area contributed by atoms with Gasteiger partial charge in [0.1, 0.15) is 23.6 Å². The van der Waals surface area contributed by atoms with Crippen molar-refractivity contribution in [1.82, 2.24) is 15.0 Å². The monoisotopic (exact) mass is 400 g/mol. The number of halogens is 1. The number of ether oxygens (including phenoxy) is 1. The molecule has 128 valence electrons. The third kappa shape index (κ3) is 4.16. The molecule has 0 aliphatic heterocycles. The van der Waals surface area contributed by atoms with Gasteiger partial charge in [-0.2, -0.15) is 0 Å². The molecule has 0 aliphatic rings. The van der Waals surface area contributed by atoms with Crippen molar-refractivity contribution in [1.29, 1.82) is 0 Å². The summed E-state index contributed by atoms with van der Waals surface area (Å²) in [5.74, 6) is 2.32. The Hall–Kier alpha value is -2.87.